The predicted octanol–water partition coefficient (Wildman–Crippen LogP) is 0.740. The van der Waals surface area contributed by atoms with Gasteiger partial charge in [0.1, 0.15) is 0 Å². The molecule has 0 aliphatic carbocycles. The number of nitrogens with zero attached hydrogens (tertiary/aromatic N) is 2. The Balaban J connectivity index is 1.88. The standard InChI is InChI=1S/C13H21N3O3S/c1-3-18-13(17)12-15-10(9-20-12)7-16-4-5-19-11(8-16)6-14-2/h9,11,14H,3-8H2,1-2H3. The second kappa shape index (κ2) is 7.68. The fraction of sp³-hybridized carbons (Fsp3) is 0.692. The van der Waals surface area contributed by atoms with Crippen molar-refractivity contribution in [2.24, 2.45) is 0 Å². The number of nitrogens with one attached hydrogen (secondary N) is 1. The fourth-order valence-corrected chi connectivity index (χ4v) is 2.87. The summed E-state index contributed by atoms with van der Waals surface area (Å²) in [4.78, 5) is 18.2. The average Bonchev–Trinajstić information content (AvgIpc) is 2.88. The van der Waals surface area contributed by atoms with Crippen molar-refractivity contribution in [1.29, 1.82) is 0 Å². The first-order chi connectivity index (χ1) is 9.72. The van der Waals surface area contributed by atoms with E-state index in [0.717, 1.165) is 38.5 Å². The average molecular weight is 299 g/mol. The van der Waals surface area contributed by atoms with Crippen molar-refractivity contribution in [3.8, 4) is 0 Å². The molecular formula is C13H21N3O3S. The minimum absolute atomic E-state index is 0.219. The third-order valence-corrected chi connectivity index (χ3v) is 3.91. The summed E-state index contributed by atoms with van der Waals surface area (Å²) < 4.78 is 10.6. The van der Waals surface area contributed by atoms with Crippen LogP contribution in [0.2, 0.25) is 0 Å². The Morgan fingerprint density at radius 2 is 2.55 bits per heavy atom. The van der Waals surface area contributed by atoms with Gasteiger partial charge < -0.3 is 14.8 Å². The minimum Gasteiger partial charge on any atom is -0.461 e. The van der Waals surface area contributed by atoms with Crippen LogP contribution in [0.25, 0.3) is 0 Å². The number of aromatic nitrogens is 1. The summed E-state index contributed by atoms with van der Waals surface area (Å²) in [6.45, 7) is 6.28. The lowest BCUT2D eigenvalue weighted by Crippen LogP contribution is -2.45. The van der Waals surface area contributed by atoms with Crippen LogP contribution in [0.5, 0.6) is 0 Å². The molecule has 0 amide bonds. The van der Waals surface area contributed by atoms with Gasteiger partial charge in [-0.15, -0.1) is 11.3 Å². The normalized spacial score (nSPS) is 20.0. The molecule has 1 aliphatic heterocycles. The number of ether oxygens (including phenoxy) is 2. The van der Waals surface area contributed by atoms with E-state index in [1.807, 2.05) is 12.4 Å². The molecule has 1 N–H and O–H groups in total. The Morgan fingerprint density at radius 1 is 1.70 bits per heavy atom. The van der Waals surface area contributed by atoms with Crippen LogP contribution >= 0.6 is 11.3 Å². The maximum absolute atomic E-state index is 11.6. The Kier molecular flexibility index (Phi) is 5.90. The molecule has 6 nitrogen and oxygen atoms in total. The first-order valence-corrected chi connectivity index (χ1v) is 7.71. The number of esters is 1. The van der Waals surface area contributed by atoms with Crippen LogP contribution in [0.15, 0.2) is 5.38 Å². The summed E-state index contributed by atoms with van der Waals surface area (Å²) in [5.74, 6) is -0.334. The van der Waals surface area contributed by atoms with Gasteiger partial charge in [0.15, 0.2) is 0 Å². The Hall–Kier alpha value is -1.02. The zero-order valence-corrected chi connectivity index (χ0v) is 12.7. The highest BCUT2D eigenvalue weighted by atomic mass is 32.1. The molecule has 2 rings (SSSR count). The number of carbonyl (C=O) groups is 1. The number of carbonyl (C=O) groups excluding carboxylic acids is 1. The second-order valence-corrected chi connectivity index (χ2v) is 5.51. The minimum atomic E-state index is -0.334. The second-order valence-electron chi connectivity index (χ2n) is 4.65. The van der Waals surface area contributed by atoms with E-state index >= 15 is 0 Å². The quantitative estimate of drug-likeness (QED) is 0.782. The van der Waals surface area contributed by atoms with Gasteiger partial charge in [-0.2, -0.15) is 0 Å². The van der Waals surface area contributed by atoms with Crippen LogP contribution < -0.4 is 5.32 Å². The van der Waals surface area contributed by atoms with Gasteiger partial charge in [0, 0.05) is 31.6 Å². The highest BCUT2D eigenvalue weighted by Crippen LogP contribution is 2.15. The maximum atomic E-state index is 11.6. The molecule has 2 heterocycles. The molecule has 1 unspecified atom stereocenters. The number of morpholine rings is 1. The molecule has 1 fully saturated rings. The number of hydrogen-bond donors (Lipinski definition) is 1. The van der Waals surface area contributed by atoms with Gasteiger partial charge in [-0.1, -0.05) is 0 Å². The van der Waals surface area contributed by atoms with Crippen molar-refractivity contribution in [2.45, 2.75) is 19.6 Å². The molecule has 1 aliphatic rings. The van der Waals surface area contributed by atoms with Crippen molar-refractivity contribution < 1.29 is 14.3 Å². The number of thiazole rings is 1. The summed E-state index contributed by atoms with van der Waals surface area (Å²) in [5.41, 5.74) is 0.920. The smallest absolute Gasteiger partial charge is 0.367 e. The number of hydrogen-bond acceptors (Lipinski definition) is 7. The van der Waals surface area contributed by atoms with Gasteiger partial charge in [-0.3, -0.25) is 4.90 Å². The van der Waals surface area contributed by atoms with E-state index in [1.165, 1.54) is 11.3 Å². The monoisotopic (exact) mass is 299 g/mol. The lowest BCUT2D eigenvalue weighted by molar-refractivity contribution is -0.0294. The third-order valence-electron chi connectivity index (χ3n) is 3.04. The molecule has 1 aromatic heterocycles. The third kappa shape index (κ3) is 4.24. The summed E-state index contributed by atoms with van der Waals surface area (Å²) in [7, 11) is 1.92. The summed E-state index contributed by atoms with van der Waals surface area (Å²) >= 11 is 1.34. The van der Waals surface area contributed by atoms with Gasteiger partial charge in [0.2, 0.25) is 5.01 Å². The summed E-state index contributed by atoms with van der Waals surface area (Å²) in [6, 6.07) is 0. The molecule has 0 spiro atoms. The largest absolute Gasteiger partial charge is 0.461 e. The van der Waals surface area contributed by atoms with Crippen molar-refractivity contribution in [1.82, 2.24) is 15.2 Å². The van der Waals surface area contributed by atoms with E-state index in [2.05, 4.69) is 15.2 Å². The zero-order chi connectivity index (χ0) is 14.4. The molecule has 0 radical (unpaired) electrons. The highest BCUT2D eigenvalue weighted by Gasteiger charge is 2.21. The van der Waals surface area contributed by atoms with Crippen LogP contribution in [0.1, 0.15) is 22.4 Å². The van der Waals surface area contributed by atoms with E-state index in [4.69, 9.17) is 9.47 Å². The van der Waals surface area contributed by atoms with E-state index in [9.17, 15) is 4.79 Å². The van der Waals surface area contributed by atoms with Crippen molar-refractivity contribution in [3.05, 3.63) is 16.1 Å². The van der Waals surface area contributed by atoms with Crippen LogP contribution in [-0.2, 0) is 16.0 Å². The molecule has 0 aromatic carbocycles. The SMILES string of the molecule is CCOC(=O)c1nc(CN2CCOC(CNC)C2)cs1. The van der Waals surface area contributed by atoms with Gasteiger partial charge in [-0.25, -0.2) is 9.78 Å². The lowest BCUT2D eigenvalue weighted by Gasteiger charge is -2.32. The Morgan fingerprint density at radius 3 is 3.30 bits per heavy atom. The summed E-state index contributed by atoms with van der Waals surface area (Å²) in [5, 5.41) is 5.49. The predicted molar refractivity (Wildman–Crippen MR) is 77.0 cm³/mol. The van der Waals surface area contributed by atoms with Crippen molar-refractivity contribution in [3.63, 3.8) is 0 Å². The van der Waals surface area contributed by atoms with Crippen LogP contribution in [0.4, 0.5) is 0 Å². The van der Waals surface area contributed by atoms with Gasteiger partial charge in [0.05, 0.1) is 25.0 Å². The first-order valence-electron chi connectivity index (χ1n) is 6.83. The van der Waals surface area contributed by atoms with Gasteiger partial charge >= 0.3 is 5.97 Å². The van der Waals surface area contributed by atoms with E-state index in [1.54, 1.807) is 6.92 Å². The van der Waals surface area contributed by atoms with Crippen LogP contribution in [0.3, 0.4) is 0 Å². The maximum Gasteiger partial charge on any atom is 0.367 e. The van der Waals surface area contributed by atoms with E-state index in [0.29, 0.717) is 11.6 Å². The first kappa shape index (κ1) is 15.4. The molecule has 1 saturated heterocycles. The van der Waals surface area contributed by atoms with Crippen LogP contribution in [0, 0.1) is 0 Å². The molecule has 20 heavy (non-hydrogen) atoms. The molecular weight excluding hydrogens is 278 g/mol. The molecule has 1 aromatic rings. The molecule has 0 saturated carbocycles. The highest BCUT2D eigenvalue weighted by molar-refractivity contribution is 7.11. The fourth-order valence-electron chi connectivity index (χ4n) is 2.17. The zero-order valence-electron chi connectivity index (χ0n) is 11.9. The topological polar surface area (TPSA) is 63.7 Å². The summed E-state index contributed by atoms with van der Waals surface area (Å²) in [6.07, 6.45) is 0.219. The number of rotatable bonds is 6. The Labute approximate surface area is 123 Å². The number of likely N-dealkylation sites (N-methyl/N-ethyl adjacent to an activating group) is 1. The van der Waals surface area contributed by atoms with Crippen LogP contribution in [-0.4, -0.2) is 61.9 Å². The molecule has 112 valence electrons. The van der Waals surface area contributed by atoms with E-state index < -0.39 is 0 Å². The van der Waals surface area contributed by atoms with Crippen molar-refractivity contribution >= 4 is 17.3 Å². The Bertz CT molecular complexity index is 436. The molecule has 0 bridgehead atoms. The molecule has 7 heteroatoms. The van der Waals surface area contributed by atoms with E-state index in [-0.39, 0.29) is 12.1 Å². The molecule has 1 atom stereocenters. The van der Waals surface area contributed by atoms with Gasteiger partial charge in [0.25, 0.3) is 0 Å². The lowest BCUT2D eigenvalue weighted by atomic mass is 10.2. The van der Waals surface area contributed by atoms with Gasteiger partial charge in [-0.05, 0) is 14.0 Å². The van der Waals surface area contributed by atoms with Crippen molar-refractivity contribution in [2.75, 3.05) is 39.9 Å².